The molecule has 100 valence electrons. The lowest BCUT2D eigenvalue weighted by molar-refractivity contribution is -0.143. The molecule has 0 saturated carbocycles. The first-order chi connectivity index (χ1) is 8.15. The number of carboxylic acid groups (broad SMARTS) is 1. The van der Waals surface area contributed by atoms with Gasteiger partial charge in [-0.2, -0.15) is 0 Å². The summed E-state index contributed by atoms with van der Waals surface area (Å²) in [5.74, 6) is -1.55. The van der Waals surface area contributed by atoms with Crippen molar-refractivity contribution in [2.75, 3.05) is 0 Å². The monoisotopic (exact) mass is 272 g/mol. The van der Waals surface area contributed by atoms with E-state index >= 15 is 0 Å². The van der Waals surface area contributed by atoms with Crippen molar-refractivity contribution in [1.82, 2.24) is 9.88 Å². The number of carbonyl (C=O) groups excluding carboxylic acids is 1. The molecule has 0 spiro atoms. The zero-order valence-electron chi connectivity index (χ0n) is 10.8. The Hall–Kier alpha value is -1.49. The molecular weight excluding hydrogens is 256 g/mol. The highest BCUT2D eigenvalue weighted by molar-refractivity contribution is 6.31. The van der Waals surface area contributed by atoms with Crippen molar-refractivity contribution < 1.29 is 14.7 Å². The quantitative estimate of drug-likeness (QED) is 0.884. The Labute approximate surface area is 111 Å². The Morgan fingerprint density at radius 3 is 2.44 bits per heavy atom. The minimum Gasteiger partial charge on any atom is -0.480 e. The molecule has 0 unspecified atom stereocenters. The minimum absolute atomic E-state index is 0.0613. The van der Waals surface area contributed by atoms with Crippen molar-refractivity contribution >= 4 is 23.5 Å². The summed E-state index contributed by atoms with van der Waals surface area (Å²) in [6.45, 7) is 6.68. The summed E-state index contributed by atoms with van der Waals surface area (Å²) in [6, 6.07) is 1.58. The van der Waals surface area contributed by atoms with Crippen LogP contribution in [0.4, 0.5) is 0 Å². The van der Waals surface area contributed by atoms with Gasteiger partial charge in [-0.1, -0.05) is 11.6 Å². The van der Waals surface area contributed by atoms with Crippen LogP contribution >= 0.6 is 11.6 Å². The molecule has 18 heavy (non-hydrogen) atoms. The third kappa shape index (κ3) is 3.04. The maximum Gasteiger partial charge on any atom is 0.328 e. The molecule has 0 saturated heterocycles. The Morgan fingerprint density at radius 2 is 2.00 bits per heavy atom. The Balaban J connectivity index is 3.02. The van der Waals surface area contributed by atoms with Gasteiger partial charge in [-0.3, -0.25) is 4.79 Å². The number of nitrogens with one attached hydrogen (secondary N) is 1. The van der Waals surface area contributed by atoms with Crippen molar-refractivity contribution in [2.45, 2.75) is 39.3 Å². The van der Waals surface area contributed by atoms with Gasteiger partial charge in [-0.25, -0.2) is 4.79 Å². The van der Waals surface area contributed by atoms with Gasteiger partial charge >= 0.3 is 5.97 Å². The molecule has 0 aliphatic carbocycles. The summed E-state index contributed by atoms with van der Waals surface area (Å²) in [4.78, 5) is 23.0. The normalized spacial score (nSPS) is 11.7. The van der Waals surface area contributed by atoms with Gasteiger partial charge in [0.05, 0.1) is 5.02 Å². The van der Waals surface area contributed by atoms with E-state index in [1.807, 2.05) is 13.8 Å². The van der Waals surface area contributed by atoms with Gasteiger partial charge in [0.1, 0.15) is 11.2 Å². The van der Waals surface area contributed by atoms with E-state index in [0.717, 1.165) is 0 Å². The largest absolute Gasteiger partial charge is 0.480 e. The van der Waals surface area contributed by atoms with Crippen molar-refractivity contribution in [3.8, 4) is 0 Å². The molecule has 0 radical (unpaired) electrons. The van der Waals surface area contributed by atoms with Crippen LogP contribution in [0.1, 0.15) is 44.2 Å². The summed E-state index contributed by atoms with van der Waals surface area (Å²) in [5.41, 5.74) is -0.973. The van der Waals surface area contributed by atoms with Crippen molar-refractivity contribution in [2.24, 2.45) is 0 Å². The number of carbonyl (C=O) groups is 2. The SMILES string of the molecule is CC(C)n1cc(Cl)cc1C(=O)NC(C)(C)C(=O)O. The smallest absolute Gasteiger partial charge is 0.328 e. The van der Waals surface area contributed by atoms with Crippen LogP contribution in [0.5, 0.6) is 0 Å². The molecule has 0 atom stereocenters. The highest BCUT2D eigenvalue weighted by atomic mass is 35.5. The summed E-state index contributed by atoms with van der Waals surface area (Å²) in [7, 11) is 0. The molecule has 6 heteroatoms. The van der Waals surface area contributed by atoms with Gasteiger partial charge in [-0.15, -0.1) is 0 Å². The first-order valence-corrected chi connectivity index (χ1v) is 5.96. The fourth-order valence-corrected chi connectivity index (χ4v) is 1.66. The van der Waals surface area contributed by atoms with Crippen LogP contribution in [0, 0.1) is 0 Å². The molecule has 0 aromatic carbocycles. The summed E-state index contributed by atoms with van der Waals surface area (Å²) < 4.78 is 1.70. The molecule has 0 fully saturated rings. The predicted octanol–water partition coefficient (Wildman–Crippen LogP) is 2.32. The van der Waals surface area contributed by atoms with E-state index in [4.69, 9.17) is 16.7 Å². The van der Waals surface area contributed by atoms with Crippen LogP contribution in [-0.4, -0.2) is 27.1 Å². The molecular formula is C12H17ClN2O3. The van der Waals surface area contributed by atoms with Gasteiger partial charge in [0.15, 0.2) is 0 Å². The average Bonchev–Trinajstić information content (AvgIpc) is 2.59. The zero-order chi connectivity index (χ0) is 14.1. The van der Waals surface area contributed by atoms with Gasteiger partial charge in [0, 0.05) is 12.2 Å². The number of hydrogen-bond donors (Lipinski definition) is 2. The van der Waals surface area contributed by atoms with Gasteiger partial charge < -0.3 is 15.0 Å². The zero-order valence-corrected chi connectivity index (χ0v) is 11.6. The van der Waals surface area contributed by atoms with Crippen LogP contribution in [0.15, 0.2) is 12.3 Å². The molecule has 1 amide bonds. The van der Waals surface area contributed by atoms with Gasteiger partial charge in [0.2, 0.25) is 0 Å². The standard InChI is InChI=1S/C12H17ClN2O3/c1-7(2)15-6-8(13)5-9(15)10(16)14-12(3,4)11(17)18/h5-7H,1-4H3,(H,14,16)(H,17,18). The predicted molar refractivity (Wildman–Crippen MR) is 69.0 cm³/mol. The summed E-state index contributed by atoms with van der Waals surface area (Å²) in [5, 5.41) is 11.9. The van der Waals surface area contributed by atoms with E-state index in [9.17, 15) is 9.59 Å². The number of rotatable bonds is 4. The molecule has 1 heterocycles. The average molecular weight is 273 g/mol. The third-order valence-corrected chi connectivity index (χ3v) is 2.77. The number of halogens is 1. The molecule has 5 nitrogen and oxygen atoms in total. The Morgan fingerprint density at radius 1 is 1.44 bits per heavy atom. The fraction of sp³-hybridized carbons (Fsp3) is 0.500. The first kappa shape index (κ1) is 14.6. The topological polar surface area (TPSA) is 71.3 Å². The van der Waals surface area contributed by atoms with E-state index in [1.165, 1.54) is 19.9 Å². The van der Waals surface area contributed by atoms with Crippen LogP contribution < -0.4 is 5.32 Å². The van der Waals surface area contributed by atoms with Gasteiger partial charge in [0.25, 0.3) is 5.91 Å². The lowest BCUT2D eigenvalue weighted by atomic mass is 10.1. The second-order valence-electron chi connectivity index (χ2n) is 4.93. The highest BCUT2D eigenvalue weighted by Gasteiger charge is 2.30. The van der Waals surface area contributed by atoms with Crippen LogP contribution in [-0.2, 0) is 4.79 Å². The van der Waals surface area contributed by atoms with Crippen LogP contribution in [0.2, 0.25) is 5.02 Å². The first-order valence-electron chi connectivity index (χ1n) is 5.58. The number of aromatic nitrogens is 1. The molecule has 0 aliphatic heterocycles. The van der Waals surface area contributed by atoms with Crippen LogP contribution in [0.3, 0.4) is 0 Å². The summed E-state index contributed by atoms with van der Waals surface area (Å²) >= 11 is 5.87. The van der Waals surface area contributed by atoms with E-state index in [-0.39, 0.29) is 6.04 Å². The number of hydrogen-bond acceptors (Lipinski definition) is 2. The van der Waals surface area contributed by atoms with E-state index in [0.29, 0.717) is 10.7 Å². The van der Waals surface area contributed by atoms with E-state index in [1.54, 1.807) is 10.8 Å². The van der Waals surface area contributed by atoms with Gasteiger partial charge in [-0.05, 0) is 33.8 Å². The van der Waals surface area contributed by atoms with Crippen molar-refractivity contribution in [3.63, 3.8) is 0 Å². The van der Waals surface area contributed by atoms with Crippen LogP contribution in [0.25, 0.3) is 0 Å². The molecule has 2 N–H and O–H groups in total. The van der Waals surface area contributed by atoms with Crippen molar-refractivity contribution in [3.05, 3.63) is 23.0 Å². The lowest BCUT2D eigenvalue weighted by Gasteiger charge is -2.22. The summed E-state index contributed by atoms with van der Waals surface area (Å²) in [6.07, 6.45) is 1.65. The molecule has 0 bridgehead atoms. The maximum absolute atomic E-state index is 12.0. The number of amides is 1. The minimum atomic E-state index is -1.32. The lowest BCUT2D eigenvalue weighted by Crippen LogP contribution is -2.50. The number of nitrogens with zero attached hydrogens (tertiary/aromatic N) is 1. The van der Waals surface area contributed by atoms with E-state index < -0.39 is 17.4 Å². The second-order valence-corrected chi connectivity index (χ2v) is 5.37. The fourth-order valence-electron chi connectivity index (χ4n) is 1.46. The van der Waals surface area contributed by atoms with Crippen molar-refractivity contribution in [1.29, 1.82) is 0 Å². The Kier molecular flexibility index (Phi) is 4.06. The number of carboxylic acids is 1. The van der Waals surface area contributed by atoms with E-state index in [2.05, 4.69) is 5.32 Å². The molecule has 1 rings (SSSR count). The molecule has 1 aromatic heterocycles. The third-order valence-electron chi connectivity index (χ3n) is 2.56. The number of aliphatic carboxylic acids is 1. The maximum atomic E-state index is 12.0. The highest BCUT2D eigenvalue weighted by Crippen LogP contribution is 2.19. The second kappa shape index (κ2) is 5.02. The molecule has 1 aromatic rings. The molecule has 0 aliphatic rings. The Bertz CT molecular complexity index is 478.